The Morgan fingerprint density at radius 1 is 1.60 bits per heavy atom. The molecule has 0 aliphatic carbocycles. The number of ether oxygens (including phenoxy) is 1. The van der Waals surface area contributed by atoms with E-state index in [9.17, 15) is 4.39 Å². The SMILES string of the molecule is C=C(CC)COc1cccc(F)c1C#N. The maximum absolute atomic E-state index is 13.1. The molecular weight excluding hydrogens is 193 g/mol. The summed E-state index contributed by atoms with van der Waals surface area (Å²) < 4.78 is 18.4. The van der Waals surface area contributed by atoms with Crippen LogP contribution >= 0.6 is 0 Å². The van der Waals surface area contributed by atoms with Gasteiger partial charge in [0.25, 0.3) is 0 Å². The second-order valence-corrected chi connectivity index (χ2v) is 3.12. The first-order valence-electron chi connectivity index (χ1n) is 4.67. The lowest BCUT2D eigenvalue weighted by Gasteiger charge is -2.08. The third-order valence-corrected chi connectivity index (χ3v) is 2.02. The number of hydrogen-bond acceptors (Lipinski definition) is 2. The first-order valence-corrected chi connectivity index (χ1v) is 4.67. The average Bonchev–Trinajstić information content (AvgIpc) is 2.25. The fraction of sp³-hybridized carbons (Fsp3) is 0.250. The minimum atomic E-state index is -0.558. The lowest BCUT2D eigenvalue weighted by Crippen LogP contribution is -2.01. The Kier molecular flexibility index (Phi) is 3.87. The number of halogens is 1. The molecular formula is C12H12FNO. The zero-order valence-electron chi connectivity index (χ0n) is 8.59. The van der Waals surface area contributed by atoms with E-state index < -0.39 is 5.82 Å². The summed E-state index contributed by atoms with van der Waals surface area (Å²) >= 11 is 0. The van der Waals surface area contributed by atoms with Crippen molar-refractivity contribution in [3.05, 3.63) is 41.7 Å². The van der Waals surface area contributed by atoms with Crippen molar-refractivity contribution in [1.29, 1.82) is 5.26 Å². The molecule has 0 amide bonds. The zero-order chi connectivity index (χ0) is 11.3. The van der Waals surface area contributed by atoms with Gasteiger partial charge in [-0.15, -0.1) is 0 Å². The van der Waals surface area contributed by atoms with E-state index in [2.05, 4.69) is 6.58 Å². The summed E-state index contributed by atoms with van der Waals surface area (Å²) in [4.78, 5) is 0. The maximum atomic E-state index is 13.1. The van der Waals surface area contributed by atoms with Crippen LogP contribution in [0.25, 0.3) is 0 Å². The van der Waals surface area contributed by atoms with Crippen molar-refractivity contribution < 1.29 is 9.13 Å². The largest absolute Gasteiger partial charge is 0.488 e. The molecule has 0 aliphatic rings. The van der Waals surface area contributed by atoms with Crippen LogP contribution in [0.15, 0.2) is 30.4 Å². The quantitative estimate of drug-likeness (QED) is 0.708. The van der Waals surface area contributed by atoms with Gasteiger partial charge in [0.05, 0.1) is 0 Å². The molecule has 0 unspecified atom stereocenters. The molecule has 1 rings (SSSR count). The van der Waals surface area contributed by atoms with Crippen LogP contribution in [0.1, 0.15) is 18.9 Å². The normalized spacial score (nSPS) is 9.40. The summed E-state index contributed by atoms with van der Waals surface area (Å²) in [6.07, 6.45) is 0.803. The topological polar surface area (TPSA) is 33.0 Å². The van der Waals surface area contributed by atoms with Crippen molar-refractivity contribution in [2.75, 3.05) is 6.61 Å². The van der Waals surface area contributed by atoms with Gasteiger partial charge in [0.1, 0.15) is 29.8 Å². The van der Waals surface area contributed by atoms with Gasteiger partial charge in [-0.1, -0.05) is 19.6 Å². The fourth-order valence-electron chi connectivity index (χ4n) is 1.02. The molecule has 0 bridgehead atoms. The van der Waals surface area contributed by atoms with Gasteiger partial charge in [0, 0.05) is 0 Å². The molecule has 0 aromatic heterocycles. The van der Waals surface area contributed by atoms with Crippen LogP contribution < -0.4 is 4.74 Å². The highest BCUT2D eigenvalue weighted by atomic mass is 19.1. The maximum Gasteiger partial charge on any atom is 0.144 e. The van der Waals surface area contributed by atoms with Crippen molar-refractivity contribution in [1.82, 2.24) is 0 Å². The van der Waals surface area contributed by atoms with Crippen molar-refractivity contribution in [3.8, 4) is 11.8 Å². The van der Waals surface area contributed by atoms with E-state index in [-0.39, 0.29) is 11.3 Å². The minimum absolute atomic E-state index is 0.0543. The summed E-state index contributed by atoms with van der Waals surface area (Å²) in [5, 5.41) is 8.73. The minimum Gasteiger partial charge on any atom is -0.488 e. The number of nitrogens with zero attached hydrogens (tertiary/aromatic N) is 1. The average molecular weight is 205 g/mol. The molecule has 78 valence electrons. The molecule has 0 fully saturated rings. The van der Waals surface area contributed by atoms with Gasteiger partial charge < -0.3 is 4.74 Å². The molecule has 0 N–H and O–H groups in total. The summed E-state index contributed by atoms with van der Waals surface area (Å²) in [5.41, 5.74) is 0.851. The van der Waals surface area contributed by atoms with E-state index in [1.54, 1.807) is 12.1 Å². The lowest BCUT2D eigenvalue weighted by molar-refractivity contribution is 0.346. The van der Waals surface area contributed by atoms with Crippen LogP contribution in [0.4, 0.5) is 4.39 Å². The van der Waals surface area contributed by atoms with E-state index in [0.717, 1.165) is 12.0 Å². The summed E-state index contributed by atoms with van der Waals surface area (Å²) in [6, 6.07) is 6.10. The highest BCUT2D eigenvalue weighted by molar-refractivity contribution is 5.43. The molecule has 0 heterocycles. The number of nitriles is 1. The van der Waals surface area contributed by atoms with Crippen molar-refractivity contribution in [2.24, 2.45) is 0 Å². The third kappa shape index (κ3) is 2.81. The van der Waals surface area contributed by atoms with Crippen LogP contribution in [-0.4, -0.2) is 6.61 Å². The molecule has 0 radical (unpaired) electrons. The van der Waals surface area contributed by atoms with E-state index >= 15 is 0 Å². The Bertz CT molecular complexity index is 407. The summed E-state index contributed by atoms with van der Waals surface area (Å²) in [5.74, 6) is -0.288. The predicted octanol–water partition coefficient (Wildman–Crippen LogP) is 3.04. The zero-order valence-corrected chi connectivity index (χ0v) is 8.59. The highest BCUT2D eigenvalue weighted by Crippen LogP contribution is 2.20. The first-order chi connectivity index (χ1) is 7.19. The van der Waals surface area contributed by atoms with Gasteiger partial charge in [0.15, 0.2) is 0 Å². The van der Waals surface area contributed by atoms with Crippen LogP contribution in [0, 0.1) is 17.1 Å². The number of rotatable bonds is 4. The first kappa shape index (κ1) is 11.3. The van der Waals surface area contributed by atoms with Gasteiger partial charge in [-0.25, -0.2) is 4.39 Å². The van der Waals surface area contributed by atoms with E-state index in [1.165, 1.54) is 12.1 Å². The summed E-state index contributed by atoms with van der Waals surface area (Å²) in [6.45, 7) is 6.04. The molecule has 1 aromatic rings. The van der Waals surface area contributed by atoms with Gasteiger partial charge >= 0.3 is 0 Å². The molecule has 0 atom stereocenters. The molecule has 3 heteroatoms. The van der Waals surface area contributed by atoms with Gasteiger partial charge in [0.2, 0.25) is 0 Å². The second kappa shape index (κ2) is 5.16. The molecule has 0 saturated heterocycles. The molecule has 1 aromatic carbocycles. The van der Waals surface area contributed by atoms with E-state index in [4.69, 9.17) is 10.00 Å². The van der Waals surface area contributed by atoms with E-state index in [1.807, 2.05) is 6.92 Å². The Hall–Kier alpha value is -1.82. The monoisotopic (exact) mass is 205 g/mol. The molecule has 2 nitrogen and oxygen atoms in total. The number of hydrogen-bond donors (Lipinski definition) is 0. The predicted molar refractivity (Wildman–Crippen MR) is 56.0 cm³/mol. The van der Waals surface area contributed by atoms with Crippen molar-refractivity contribution in [2.45, 2.75) is 13.3 Å². The van der Waals surface area contributed by atoms with Crippen molar-refractivity contribution in [3.63, 3.8) is 0 Å². The van der Waals surface area contributed by atoms with Crippen molar-refractivity contribution >= 4 is 0 Å². The van der Waals surface area contributed by atoms with E-state index in [0.29, 0.717) is 6.61 Å². The second-order valence-electron chi connectivity index (χ2n) is 3.12. The Morgan fingerprint density at radius 3 is 2.93 bits per heavy atom. The Labute approximate surface area is 88.6 Å². The standard InChI is InChI=1S/C12H12FNO/c1-3-9(2)8-15-12-6-4-5-11(13)10(12)7-14/h4-6H,2-3,8H2,1H3. The van der Waals surface area contributed by atoms with Crippen LogP contribution in [0.5, 0.6) is 5.75 Å². The third-order valence-electron chi connectivity index (χ3n) is 2.02. The Morgan fingerprint density at radius 2 is 2.33 bits per heavy atom. The lowest BCUT2D eigenvalue weighted by atomic mass is 10.2. The Balaban J connectivity index is 2.82. The summed E-state index contributed by atoms with van der Waals surface area (Å²) in [7, 11) is 0. The van der Waals surface area contributed by atoms with Crippen LogP contribution in [-0.2, 0) is 0 Å². The molecule has 0 aliphatic heterocycles. The molecule has 0 spiro atoms. The number of benzene rings is 1. The van der Waals surface area contributed by atoms with Gasteiger partial charge in [-0.3, -0.25) is 0 Å². The fourth-order valence-corrected chi connectivity index (χ4v) is 1.02. The molecule has 15 heavy (non-hydrogen) atoms. The van der Waals surface area contributed by atoms with Gasteiger partial charge in [-0.2, -0.15) is 5.26 Å². The van der Waals surface area contributed by atoms with Gasteiger partial charge in [-0.05, 0) is 24.1 Å². The van der Waals surface area contributed by atoms with Crippen LogP contribution in [0.3, 0.4) is 0 Å². The van der Waals surface area contributed by atoms with Crippen LogP contribution in [0.2, 0.25) is 0 Å². The molecule has 0 saturated carbocycles. The smallest absolute Gasteiger partial charge is 0.144 e. The highest BCUT2D eigenvalue weighted by Gasteiger charge is 2.08.